The quantitative estimate of drug-likeness (QED) is 0.576. The number of nitrogens with zero attached hydrogens (tertiary/aromatic N) is 2. The lowest BCUT2D eigenvalue weighted by molar-refractivity contribution is -0.121. The molecule has 0 bridgehead atoms. The molecule has 0 radical (unpaired) electrons. The molecule has 0 N–H and O–H groups in total. The minimum atomic E-state index is -0.108. The maximum atomic E-state index is 12.8. The first kappa shape index (κ1) is 21.8. The zero-order chi connectivity index (χ0) is 21.7. The van der Waals surface area contributed by atoms with Gasteiger partial charge in [0, 0.05) is 12.6 Å². The molecule has 0 aromatic heterocycles. The zero-order valence-corrected chi connectivity index (χ0v) is 18.7. The fraction of sp³-hybridized carbons (Fsp3) is 0.304. The number of likely N-dealkylation sites (N-methyl/N-ethyl adjacent to an activating group) is 1. The van der Waals surface area contributed by atoms with Gasteiger partial charge >= 0.3 is 0 Å². The molecule has 2 aromatic rings. The van der Waals surface area contributed by atoms with Crippen molar-refractivity contribution in [3.8, 4) is 17.2 Å². The standard InChI is InChI=1S/C23H26N2O4S/c1-6-28-18-12-10-17(11-13-18)24-23-25(4)22(26)20(30-23)14-16-8-7-9-19(27-5)21(16)29-15(2)3/h7-15H,6H2,1-5H3/b20-14-,24-23?. The molecule has 1 fully saturated rings. The van der Waals surface area contributed by atoms with E-state index in [0.717, 1.165) is 17.0 Å². The van der Waals surface area contributed by atoms with Crippen LogP contribution in [-0.4, -0.2) is 42.8 Å². The van der Waals surface area contributed by atoms with Crippen molar-refractivity contribution in [2.24, 2.45) is 4.99 Å². The van der Waals surface area contributed by atoms with Crippen molar-refractivity contribution in [2.45, 2.75) is 26.9 Å². The molecular weight excluding hydrogens is 400 g/mol. The Labute approximate surface area is 181 Å². The molecule has 0 atom stereocenters. The number of ether oxygens (including phenoxy) is 3. The van der Waals surface area contributed by atoms with Crippen LogP contribution in [0.25, 0.3) is 6.08 Å². The smallest absolute Gasteiger partial charge is 0.266 e. The Morgan fingerprint density at radius 2 is 1.90 bits per heavy atom. The van der Waals surface area contributed by atoms with Crippen molar-refractivity contribution in [3.63, 3.8) is 0 Å². The third-order valence-corrected chi connectivity index (χ3v) is 5.31. The van der Waals surface area contributed by atoms with Crippen LogP contribution in [0.5, 0.6) is 17.2 Å². The number of thioether (sulfide) groups is 1. The van der Waals surface area contributed by atoms with Gasteiger partial charge in [0.05, 0.1) is 30.4 Å². The number of carbonyl (C=O) groups excluding carboxylic acids is 1. The van der Waals surface area contributed by atoms with E-state index >= 15 is 0 Å². The number of carbonyl (C=O) groups is 1. The Kier molecular flexibility index (Phi) is 7.05. The van der Waals surface area contributed by atoms with Gasteiger partial charge in [0.15, 0.2) is 16.7 Å². The van der Waals surface area contributed by atoms with E-state index in [0.29, 0.717) is 28.2 Å². The van der Waals surface area contributed by atoms with Crippen LogP contribution in [0.15, 0.2) is 52.4 Å². The van der Waals surface area contributed by atoms with Crippen LogP contribution in [-0.2, 0) is 4.79 Å². The molecule has 0 saturated carbocycles. The summed E-state index contributed by atoms with van der Waals surface area (Å²) in [5.41, 5.74) is 1.54. The van der Waals surface area contributed by atoms with Gasteiger partial charge in [-0.05, 0) is 68.9 Å². The van der Waals surface area contributed by atoms with Gasteiger partial charge in [-0.1, -0.05) is 12.1 Å². The minimum Gasteiger partial charge on any atom is -0.494 e. The molecule has 158 valence electrons. The molecule has 1 aliphatic heterocycles. The number of amides is 1. The predicted octanol–water partition coefficient (Wildman–Crippen LogP) is 5.11. The maximum absolute atomic E-state index is 12.8. The second-order valence-electron chi connectivity index (χ2n) is 6.84. The summed E-state index contributed by atoms with van der Waals surface area (Å²) >= 11 is 1.33. The highest BCUT2D eigenvalue weighted by Crippen LogP contribution is 2.38. The average Bonchev–Trinajstić information content (AvgIpc) is 2.98. The lowest BCUT2D eigenvalue weighted by atomic mass is 10.1. The maximum Gasteiger partial charge on any atom is 0.266 e. The highest BCUT2D eigenvalue weighted by Gasteiger charge is 2.31. The molecule has 0 aliphatic carbocycles. The number of rotatable bonds is 7. The van der Waals surface area contributed by atoms with Gasteiger partial charge in [-0.15, -0.1) is 0 Å². The number of aliphatic imine (C=N–C) groups is 1. The number of amidine groups is 1. The highest BCUT2D eigenvalue weighted by molar-refractivity contribution is 8.18. The molecule has 0 unspecified atom stereocenters. The van der Waals surface area contributed by atoms with E-state index in [-0.39, 0.29) is 12.0 Å². The lowest BCUT2D eigenvalue weighted by Crippen LogP contribution is -2.23. The fourth-order valence-corrected chi connectivity index (χ4v) is 3.83. The van der Waals surface area contributed by atoms with Crippen molar-refractivity contribution in [1.82, 2.24) is 4.90 Å². The molecule has 1 saturated heterocycles. The zero-order valence-electron chi connectivity index (χ0n) is 17.8. The summed E-state index contributed by atoms with van der Waals surface area (Å²) < 4.78 is 16.8. The molecule has 1 amide bonds. The van der Waals surface area contributed by atoms with Crippen molar-refractivity contribution >= 4 is 34.6 Å². The SMILES string of the molecule is CCOc1ccc(N=C2S/C(=C\c3cccc(OC)c3OC(C)C)C(=O)N2C)cc1. The van der Waals surface area contributed by atoms with Crippen LogP contribution in [0.1, 0.15) is 26.3 Å². The molecule has 3 rings (SSSR count). The Morgan fingerprint density at radius 3 is 2.53 bits per heavy atom. The molecule has 2 aromatic carbocycles. The summed E-state index contributed by atoms with van der Waals surface area (Å²) in [6.07, 6.45) is 1.80. The molecule has 30 heavy (non-hydrogen) atoms. The van der Waals surface area contributed by atoms with E-state index in [1.165, 1.54) is 11.8 Å². The van der Waals surface area contributed by atoms with Gasteiger partial charge in [-0.25, -0.2) is 4.99 Å². The Bertz CT molecular complexity index is 968. The van der Waals surface area contributed by atoms with Gasteiger partial charge in [0.1, 0.15) is 5.75 Å². The second-order valence-corrected chi connectivity index (χ2v) is 7.85. The Hall–Kier alpha value is -2.93. The number of benzene rings is 2. The summed E-state index contributed by atoms with van der Waals surface area (Å²) in [6, 6.07) is 13.1. The first-order valence-electron chi connectivity index (χ1n) is 9.75. The number of hydrogen-bond donors (Lipinski definition) is 0. The van der Waals surface area contributed by atoms with Crippen molar-refractivity contribution < 1.29 is 19.0 Å². The number of methoxy groups -OCH3 is 1. The molecule has 6 nitrogen and oxygen atoms in total. The summed E-state index contributed by atoms with van der Waals surface area (Å²) in [6.45, 7) is 6.46. The molecule has 1 heterocycles. The highest BCUT2D eigenvalue weighted by atomic mass is 32.2. The van der Waals surface area contributed by atoms with E-state index in [4.69, 9.17) is 14.2 Å². The van der Waals surface area contributed by atoms with E-state index in [2.05, 4.69) is 4.99 Å². The molecule has 0 spiro atoms. The average molecular weight is 427 g/mol. The van der Waals surface area contributed by atoms with Crippen LogP contribution >= 0.6 is 11.8 Å². The summed E-state index contributed by atoms with van der Waals surface area (Å²) in [5.74, 6) is 1.94. The van der Waals surface area contributed by atoms with Crippen molar-refractivity contribution in [2.75, 3.05) is 20.8 Å². The summed E-state index contributed by atoms with van der Waals surface area (Å²) in [5, 5.41) is 0.615. The normalized spacial score (nSPS) is 16.6. The van der Waals surface area contributed by atoms with Gasteiger partial charge < -0.3 is 14.2 Å². The van der Waals surface area contributed by atoms with Gasteiger partial charge in [0.25, 0.3) is 5.91 Å². The van der Waals surface area contributed by atoms with Crippen LogP contribution in [0.2, 0.25) is 0 Å². The van der Waals surface area contributed by atoms with Gasteiger partial charge in [0.2, 0.25) is 0 Å². The third kappa shape index (κ3) is 4.97. The number of para-hydroxylation sites is 1. The first-order valence-corrected chi connectivity index (χ1v) is 10.6. The third-order valence-electron chi connectivity index (χ3n) is 4.25. The Balaban J connectivity index is 1.90. The minimum absolute atomic E-state index is 0.0233. The van der Waals surface area contributed by atoms with Crippen molar-refractivity contribution in [1.29, 1.82) is 0 Å². The van der Waals surface area contributed by atoms with Gasteiger partial charge in [-0.3, -0.25) is 9.69 Å². The van der Waals surface area contributed by atoms with Crippen molar-refractivity contribution in [3.05, 3.63) is 52.9 Å². The number of hydrogen-bond acceptors (Lipinski definition) is 6. The predicted molar refractivity (Wildman–Crippen MR) is 122 cm³/mol. The lowest BCUT2D eigenvalue weighted by Gasteiger charge is -2.16. The monoisotopic (exact) mass is 426 g/mol. The summed E-state index contributed by atoms with van der Waals surface area (Å²) in [7, 11) is 3.32. The van der Waals surface area contributed by atoms with E-state index < -0.39 is 0 Å². The van der Waals surface area contributed by atoms with E-state index in [1.807, 2.05) is 69.3 Å². The van der Waals surface area contributed by atoms with E-state index in [9.17, 15) is 4.79 Å². The van der Waals surface area contributed by atoms with Crippen LogP contribution < -0.4 is 14.2 Å². The van der Waals surface area contributed by atoms with Crippen LogP contribution in [0.4, 0.5) is 5.69 Å². The molecule has 1 aliphatic rings. The van der Waals surface area contributed by atoms with Gasteiger partial charge in [-0.2, -0.15) is 0 Å². The second kappa shape index (κ2) is 9.71. The Morgan fingerprint density at radius 1 is 1.17 bits per heavy atom. The van der Waals surface area contributed by atoms with Crippen LogP contribution in [0.3, 0.4) is 0 Å². The topological polar surface area (TPSA) is 60.4 Å². The summed E-state index contributed by atoms with van der Waals surface area (Å²) in [4.78, 5) is 19.5. The largest absolute Gasteiger partial charge is 0.494 e. The first-order chi connectivity index (χ1) is 14.4. The van der Waals surface area contributed by atoms with E-state index in [1.54, 1.807) is 19.1 Å². The fourth-order valence-electron chi connectivity index (χ4n) is 2.86. The van der Waals surface area contributed by atoms with Crippen LogP contribution in [0, 0.1) is 0 Å². The molecular formula is C23H26N2O4S. The molecule has 7 heteroatoms.